The van der Waals surface area contributed by atoms with E-state index >= 15 is 0 Å². The summed E-state index contributed by atoms with van der Waals surface area (Å²) in [7, 11) is 0. The van der Waals surface area contributed by atoms with E-state index in [1.807, 2.05) is 0 Å². The van der Waals surface area contributed by atoms with Crippen molar-refractivity contribution in [2.75, 3.05) is 0 Å². The first-order valence-electron chi connectivity index (χ1n) is 9.08. The number of carbonyl (C=O) groups is 2. The Labute approximate surface area is 161 Å². The third-order valence-electron chi connectivity index (χ3n) is 4.84. The first-order valence-corrected chi connectivity index (χ1v) is 8.58. The standard InChI is InChI=1S/C22H14O6/c1-12(23)26-14-7-9-18-20(11-14)27-19-10-13(24)6-8-17(19)22(18)16-5-3-2-4-15(16)21(25)28-22/h2-11,24H,1H3/i4D. The van der Waals surface area contributed by atoms with E-state index in [4.69, 9.17) is 15.6 Å². The van der Waals surface area contributed by atoms with Crippen LogP contribution in [0, 0.1) is 0 Å². The van der Waals surface area contributed by atoms with E-state index in [0.717, 1.165) is 0 Å². The fourth-order valence-electron chi connectivity index (χ4n) is 3.80. The van der Waals surface area contributed by atoms with E-state index in [9.17, 15) is 14.7 Å². The number of carbonyl (C=O) groups excluding carboxylic acids is 2. The Morgan fingerprint density at radius 1 is 1.07 bits per heavy atom. The molecule has 2 aliphatic heterocycles. The normalized spacial score (nSPS) is 19.0. The quantitative estimate of drug-likeness (QED) is 0.513. The molecule has 3 aromatic carbocycles. The summed E-state index contributed by atoms with van der Waals surface area (Å²) >= 11 is 0. The number of benzene rings is 3. The Morgan fingerprint density at radius 3 is 2.61 bits per heavy atom. The van der Waals surface area contributed by atoms with Gasteiger partial charge in [0.25, 0.3) is 0 Å². The minimum Gasteiger partial charge on any atom is -0.508 e. The van der Waals surface area contributed by atoms with Gasteiger partial charge in [0.2, 0.25) is 0 Å². The molecule has 138 valence electrons. The molecule has 0 aliphatic carbocycles. The molecule has 28 heavy (non-hydrogen) atoms. The Balaban J connectivity index is 1.83. The highest BCUT2D eigenvalue weighted by Gasteiger charge is 2.53. The van der Waals surface area contributed by atoms with Gasteiger partial charge in [0.1, 0.15) is 23.0 Å². The number of esters is 2. The van der Waals surface area contributed by atoms with Gasteiger partial charge in [0, 0.05) is 35.7 Å². The van der Waals surface area contributed by atoms with Crippen LogP contribution in [0.2, 0.25) is 0 Å². The smallest absolute Gasteiger partial charge is 0.340 e. The first kappa shape index (κ1) is 15.3. The lowest BCUT2D eigenvalue weighted by Gasteiger charge is -2.36. The predicted octanol–water partition coefficient (Wildman–Crippen LogP) is 3.89. The average molecular weight is 375 g/mol. The summed E-state index contributed by atoms with van der Waals surface area (Å²) in [5.41, 5.74) is 0.426. The Kier molecular flexibility index (Phi) is 3.05. The molecule has 5 rings (SSSR count). The zero-order chi connectivity index (χ0) is 20.3. The largest absolute Gasteiger partial charge is 0.508 e. The van der Waals surface area contributed by atoms with E-state index in [2.05, 4.69) is 0 Å². The molecule has 6 heteroatoms. The van der Waals surface area contributed by atoms with Crippen LogP contribution in [-0.2, 0) is 15.1 Å². The number of hydrogen-bond donors (Lipinski definition) is 1. The van der Waals surface area contributed by atoms with Gasteiger partial charge in [-0.25, -0.2) is 4.79 Å². The fraction of sp³-hybridized carbons (Fsp3) is 0.0909. The summed E-state index contributed by atoms with van der Waals surface area (Å²) in [5.74, 6) is -0.219. The molecule has 0 aromatic heterocycles. The lowest BCUT2D eigenvalue weighted by atomic mass is 9.77. The lowest BCUT2D eigenvalue weighted by molar-refractivity contribution is -0.131. The van der Waals surface area contributed by atoms with E-state index in [1.165, 1.54) is 31.2 Å². The Hall–Kier alpha value is -3.80. The molecule has 1 atom stereocenters. The number of rotatable bonds is 1. The topological polar surface area (TPSA) is 82.1 Å². The highest BCUT2D eigenvalue weighted by Crippen LogP contribution is 2.56. The second-order valence-corrected chi connectivity index (χ2v) is 6.56. The molecule has 0 saturated carbocycles. The summed E-state index contributed by atoms with van der Waals surface area (Å²) in [6.07, 6.45) is 0. The van der Waals surface area contributed by atoms with Crippen LogP contribution in [0.15, 0.2) is 60.6 Å². The summed E-state index contributed by atoms with van der Waals surface area (Å²) < 4.78 is 25.2. The fourth-order valence-corrected chi connectivity index (χ4v) is 3.80. The van der Waals surface area contributed by atoms with Crippen LogP contribution >= 0.6 is 0 Å². The molecule has 3 aromatic rings. The van der Waals surface area contributed by atoms with Crippen LogP contribution in [0.25, 0.3) is 0 Å². The summed E-state index contributed by atoms with van der Waals surface area (Å²) in [5, 5.41) is 9.95. The highest BCUT2D eigenvalue weighted by molar-refractivity contribution is 5.97. The van der Waals surface area contributed by atoms with Crippen LogP contribution < -0.4 is 9.47 Å². The monoisotopic (exact) mass is 375 g/mol. The van der Waals surface area contributed by atoms with Crippen LogP contribution in [-0.4, -0.2) is 17.0 Å². The van der Waals surface area contributed by atoms with Crippen molar-refractivity contribution in [2.45, 2.75) is 12.5 Å². The Morgan fingerprint density at radius 2 is 1.82 bits per heavy atom. The van der Waals surface area contributed by atoms with Gasteiger partial charge in [-0.05, 0) is 30.3 Å². The van der Waals surface area contributed by atoms with Crippen LogP contribution in [0.5, 0.6) is 23.0 Å². The van der Waals surface area contributed by atoms with Crippen molar-refractivity contribution in [1.29, 1.82) is 0 Å². The molecule has 6 nitrogen and oxygen atoms in total. The van der Waals surface area contributed by atoms with Crippen molar-refractivity contribution < 1.29 is 30.3 Å². The predicted molar refractivity (Wildman–Crippen MR) is 97.7 cm³/mol. The zero-order valence-electron chi connectivity index (χ0n) is 15.7. The van der Waals surface area contributed by atoms with Gasteiger partial charge in [0.15, 0.2) is 5.60 Å². The van der Waals surface area contributed by atoms with E-state index < -0.39 is 17.5 Å². The number of aromatic hydroxyl groups is 1. The number of phenols is 1. The number of hydrogen-bond acceptors (Lipinski definition) is 6. The Bertz CT molecular complexity index is 1220. The molecule has 2 heterocycles. The van der Waals surface area contributed by atoms with Gasteiger partial charge in [-0.1, -0.05) is 18.2 Å². The lowest BCUT2D eigenvalue weighted by Crippen LogP contribution is -2.33. The van der Waals surface area contributed by atoms with Crippen molar-refractivity contribution in [3.63, 3.8) is 0 Å². The SMILES string of the molecule is [2H]c1cccc2c1C(=O)OC21c2ccc(O)cc2Oc2cc(OC(C)=O)ccc21. The molecular weight excluding hydrogens is 360 g/mol. The molecule has 1 unspecified atom stereocenters. The first-order chi connectivity index (χ1) is 13.9. The van der Waals surface area contributed by atoms with Gasteiger partial charge in [-0.2, -0.15) is 0 Å². The van der Waals surface area contributed by atoms with Crippen molar-refractivity contribution in [3.8, 4) is 23.0 Å². The van der Waals surface area contributed by atoms with Crippen molar-refractivity contribution in [2.24, 2.45) is 0 Å². The second kappa shape index (κ2) is 5.60. The minimum absolute atomic E-state index is 0.0164. The number of fused-ring (bicyclic) bond motifs is 6. The van der Waals surface area contributed by atoms with Gasteiger partial charge in [-0.15, -0.1) is 0 Å². The van der Waals surface area contributed by atoms with Gasteiger partial charge < -0.3 is 19.3 Å². The second-order valence-electron chi connectivity index (χ2n) is 6.56. The maximum atomic E-state index is 12.8. The van der Waals surface area contributed by atoms with Gasteiger partial charge in [0.05, 0.1) is 6.93 Å². The average Bonchev–Trinajstić information content (AvgIpc) is 2.95. The molecule has 0 bridgehead atoms. The highest BCUT2D eigenvalue weighted by atomic mass is 16.6. The molecule has 1 spiro atoms. The van der Waals surface area contributed by atoms with Gasteiger partial charge in [-0.3, -0.25) is 4.79 Å². The van der Waals surface area contributed by atoms with Gasteiger partial charge >= 0.3 is 11.9 Å². The summed E-state index contributed by atoms with van der Waals surface area (Å²) in [6, 6.07) is 14.4. The molecule has 0 fully saturated rings. The van der Waals surface area contributed by atoms with Crippen LogP contribution in [0.1, 0.15) is 35.3 Å². The molecule has 2 aliphatic rings. The number of phenolic OH excluding ortho intramolecular Hbond substituents is 1. The number of ether oxygens (including phenoxy) is 3. The van der Waals surface area contributed by atoms with Crippen molar-refractivity contribution in [1.82, 2.24) is 0 Å². The van der Waals surface area contributed by atoms with Crippen LogP contribution in [0.4, 0.5) is 0 Å². The summed E-state index contributed by atoms with van der Waals surface area (Å²) in [4.78, 5) is 24.1. The molecule has 0 radical (unpaired) electrons. The maximum absolute atomic E-state index is 12.8. The third kappa shape index (κ3) is 2.15. The van der Waals surface area contributed by atoms with E-state index in [-0.39, 0.29) is 23.1 Å². The van der Waals surface area contributed by atoms with Crippen LogP contribution in [0.3, 0.4) is 0 Å². The zero-order valence-corrected chi connectivity index (χ0v) is 14.7. The molecule has 1 N–H and O–H groups in total. The minimum atomic E-state index is -1.34. The van der Waals surface area contributed by atoms with E-state index in [1.54, 1.807) is 30.3 Å². The third-order valence-corrected chi connectivity index (χ3v) is 4.84. The van der Waals surface area contributed by atoms with Crippen molar-refractivity contribution >= 4 is 11.9 Å². The van der Waals surface area contributed by atoms with Crippen molar-refractivity contribution in [3.05, 3.63) is 82.9 Å². The van der Waals surface area contributed by atoms with E-state index in [0.29, 0.717) is 28.2 Å². The summed E-state index contributed by atoms with van der Waals surface area (Å²) in [6.45, 7) is 1.29. The molecular formula is C22H14O6. The molecule has 0 saturated heterocycles. The molecule has 0 amide bonds. The maximum Gasteiger partial charge on any atom is 0.340 e.